The number of pyridine rings is 2. The minimum Gasteiger partial charge on any atom is -0.334 e. The third kappa shape index (κ3) is 8.38. The van der Waals surface area contributed by atoms with E-state index in [1.54, 1.807) is 0 Å². The first-order valence-electron chi connectivity index (χ1n) is 17.7. The Labute approximate surface area is 293 Å². The van der Waals surface area contributed by atoms with E-state index in [1.807, 2.05) is 60.9 Å². The van der Waals surface area contributed by atoms with Crippen LogP contribution in [0.3, 0.4) is 0 Å². The molecule has 8 rings (SSSR count). The molecule has 10 heteroatoms. The Morgan fingerprint density at radius 2 is 1.06 bits per heavy atom. The van der Waals surface area contributed by atoms with Gasteiger partial charge in [0.1, 0.15) is 0 Å². The molecule has 0 amide bonds. The van der Waals surface area contributed by atoms with E-state index in [4.69, 9.17) is 19.0 Å². The summed E-state index contributed by atoms with van der Waals surface area (Å²) in [6, 6.07) is 28.8. The summed E-state index contributed by atoms with van der Waals surface area (Å²) in [6.07, 6.45) is 10.6. The minimum absolute atomic E-state index is 0.193. The maximum atomic E-state index is 5.55. The van der Waals surface area contributed by atoms with Crippen LogP contribution in [0.2, 0.25) is 0 Å². The lowest BCUT2D eigenvalue weighted by Crippen LogP contribution is -2.33. The molecule has 2 atom stereocenters. The van der Waals surface area contributed by atoms with Crippen molar-refractivity contribution in [3.63, 3.8) is 0 Å². The summed E-state index contributed by atoms with van der Waals surface area (Å²) in [7, 11) is 0. The number of rotatable bonds is 8. The number of hydrogen-bond donors (Lipinski definition) is 0. The van der Waals surface area contributed by atoms with Gasteiger partial charge in [0.15, 0.2) is 11.6 Å². The van der Waals surface area contributed by atoms with Crippen molar-refractivity contribution in [3.05, 3.63) is 131 Å². The van der Waals surface area contributed by atoms with Gasteiger partial charge in [-0.1, -0.05) is 70.7 Å². The molecule has 2 aliphatic rings. The smallest absolute Gasteiger partial charge is 0.257 e. The van der Waals surface area contributed by atoms with Gasteiger partial charge in [0.25, 0.3) is 11.8 Å². The second-order valence-electron chi connectivity index (χ2n) is 13.3. The van der Waals surface area contributed by atoms with Gasteiger partial charge in [0, 0.05) is 36.6 Å². The van der Waals surface area contributed by atoms with Crippen LogP contribution in [0.15, 0.2) is 106 Å². The van der Waals surface area contributed by atoms with Gasteiger partial charge in [0.2, 0.25) is 0 Å². The highest BCUT2D eigenvalue weighted by molar-refractivity contribution is 5.54. The topological polar surface area (TPSA) is 110 Å². The monoisotopic (exact) mass is 668 g/mol. The third-order valence-electron chi connectivity index (χ3n) is 9.42. The number of aromatic nitrogens is 6. The summed E-state index contributed by atoms with van der Waals surface area (Å²) in [5.41, 5.74) is 6.49. The Balaban J connectivity index is 0.000000157. The molecule has 0 saturated carbocycles. The fourth-order valence-electron chi connectivity index (χ4n) is 6.88. The molecule has 2 aliphatic heterocycles. The van der Waals surface area contributed by atoms with Gasteiger partial charge in [-0.15, -0.1) is 0 Å². The molecule has 0 N–H and O–H groups in total. The van der Waals surface area contributed by atoms with Crippen molar-refractivity contribution in [2.75, 3.05) is 13.1 Å². The molecule has 6 aromatic rings. The van der Waals surface area contributed by atoms with Crippen LogP contribution in [0.1, 0.15) is 84.8 Å². The molecule has 4 aromatic heterocycles. The van der Waals surface area contributed by atoms with Crippen molar-refractivity contribution in [2.24, 2.45) is 0 Å². The van der Waals surface area contributed by atoms with Crippen LogP contribution in [0.4, 0.5) is 0 Å². The second kappa shape index (κ2) is 16.1. The van der Waals surface area contributed by atoms with Gasteiger partial charge in [-0.25, -0.2) is 0 Å². The molecule has 2 fully saturated rings. The summed E-state index contributed by atoms with van der Waals surface area (Å²) in [5, 5.41) is 8.58. The summed E-state index contributed by atoms with van der Waals surface area (Å²) in [6.45, 7) is 7.85. The third-order valence-corrected chi connectivity index (χ3v) is 9.42. The van der Waals surface area contributed by atoms with Crippen LogP contribution in [-0.4, -0.2) is 53.1 Å². The van der Waals surface area contributed by atoms with E-state index in [0.29, 0.717) is 11.8 Å². The van der Waals surface area contributed by atoms with Crippen LogP contribution < -0.4 is 0 Å². The Morgan fingerprint density at radius 3 is 1.48 bits per heavy atom. The zero-order valence-corrected chi connectivity index (χ0v) is 28.9. The van der Waals surface area contributed by atoms with E-state index in [0.717, 1.165) is 73.2 Å². The zero-order valence-electron chi connectivity index (χ0n) is 28.9. The van der Waals surface area contributed by atoms with E-state index >= 15 is 0 Å². The summed E-state index contributed by atoms with van der Waals surface area (Å²) < 4.78 is 11.1. The van der Waals surface area contributed by atoms with Gasteiger partial charge in [-0.05, 0) is 101 Å². The molecule has 0 bridgehead atoms. The Kier molecular flexibility index (Phi) is 10.8. The van der Waals surface area contributed by atoms with Crippen molar-refractivity contribution in [2.45, 2.75) is 77.5 Å². The van der Waals surface area contributed by atoms with E-state index in [9.17, 15) is 0 Å². The fourth-order valence-corrected chi connectivity index (χ4v) is 6.88. The van der Waals surface area contributed by atoms with Crippen LogP contribution in [0, 0.1) is 13.8 Å². The summed E-state index contributed by atoms with van der Waals surface area (Å²) in [4.78, 5) is 23.1. The molecule has 2 aromatic carbocycles. The van der Waals surface area contributed by atoms with E-state index in [-0.39, 0.29) is 12.1 Å². The van der Waals surface area contributed by atoms with E-state index < -0.39 is 0 Å². The molecular weight excluding hydrogens is 624 g/mol. The first-order valence-corrected chi connectivity index (χ1v) is 17.7. The summed E-state index contributed by atoms with van der Waals surface area (Å²) in [5.74, 6) is 2.77. The Hall–Kier alpha value is -5.06. The van der Waals surface area contributed by atoms with Gasteiger partial charge in [-0.3, -0.25) is 19.8 Å². The number of aryl methyl sites for hydroxylation is 2. The first-order chi connectivity index (χ1) is 24.6. The molecule has 0 aliphatic carbocycles. The molecule has 50 heavy (non-hydrogen) atoms. The van der Waals surface area contributed by atoms with Crippen LogP contribution in [0.25, 0.3) is 22.9 Å². The number of hydrogen-bond acceptors (Lipinski definition) is 10. The summed E-state index contributed by atoms with van der Waals surface area (Å²) >= 11 is 0. The molecule has 6 heterocycles. The zero-order chi connectivity index (χ0) is 34.1. The van der Waals surface area contributed by atoms with Crippen molar-refractivity contribution in [1.29, 1.82) is 0 Å². The maximum absolute atomic E-state index is 5.55. The standard InChI is InChI=1S/2C20H22N4O/c2*1-15-7-6-8-16(13-15)20-22-19(23-25-20)18-10-3-5-12-24(18)14-17-9-2-4-11-21-17/h2*2,4,6-9,11,13,18H,3,5,10,12,14H2,1H3. The van der Waals surface area contributed by atoms with Crippen LogP contribution in [-0.2, 0) is 13.1 Å². The average molecular weight is 669 g/mol. The predicted molar refractivity (Wildman–Crippen MR) is 191 cm³/mol. The minimum atomic E-state index is 0.193. The number of likely N-dealkylation sites (tertiary alicyclic amines) is 2. The first kappa shape index (κ1) is 33.4. The molecule has 10 nitrogen and oxygen atoms in total. The second-order valence-corrected chi connectivity index (χ2v) is 13.3. The highest BCUT2D eigenvalue weighted by Crippen LogP contribution is 2.33. The number of nitrogens with zero attached hydrogens (tertiary/aromatic N) is 8. The fraction of sp³-hybridized carbons (Fsp3) is 0.350. The molecule has 2 saturated heterocycles. The van der Waals surface area contributed by atoms with Crippen molar-refractivity contribution in [3.8, 4) is 22.9 Å². The van der Waals surface area contributed by atoms with Crippen LogP contribution in [0.5, 0.6) is 0 Å². The normalized spacial score (nSPS) is 18.4. The number of benzene rings is 2. The lowest BCUT2D eigenvalue weighted by molar-refractivity contribution is 0.129. The maximum Gasteiger partial charge on any atom is 0.257 e. The van der Waals surface area contributed by atoms with Gasteiger partial charge >= 0.3 is 0 Å². The van der Waals surface area contributed by atoms with E-state index in [1.165, 1.54) is 36.8 Å². The van der Waals surface area contributed by atoms with Gasteiger partial charge in [-0.2, -0.15) is 9.97 Å². The van der Waals surface area contributed by atoms with E-state index in [2.05, 4.69) is 80.3 Å². The highest BCUT2D eigenvalue weighted by Gasteiger charge is 2.30. The van der Waals surface area contributed by atoms with Gasteiger partial charge in [0.05, 0.1) is 23.5 Å². The van der Waals surface area contributed by atoms with Crippen molar-refractivity contribution < 1.29 is 9.05 Å². The van der Waals surface area contributed by atoms with Crippen LogP contribution >= 0.6 is 0 Å². The van der Waals surface area contributed by atoms with Crippen molar-refractivity contribution >= 4 is 0 Å². The quantitative estimate of drug-likeness (QED) is 0.157. The Morgan fingerprint density at radius 1 is 0.580 bits per heavy atom. The molecule has 0 radical (unpaired) electrons. The SMILES string of the molecule is Cc1cccc(-c2nc(C3CCCCN3Cc3ccccn3)no2)c1.Cc1cccc(-c2nc(C3CCCCN3Cc3ccccn3)no2)c1. The van der Waals surface area contributed by atoms with Crippen molar-refractivity contribution in [1.82, 2.24) is 40.0 Å². The molecule has 2 unspecified atom stereocenters. The highest BCUT2D eigenvalue weighted by atomic mass is 16.5. The van der Waals surface area contributed by atoms with Gasteiger partial charge < -0.3 is 9.05 Å². The lowest BCUT2D eigenvalue weighted by Gasteiger charge is -2.33. The average Bonchev–Trinajstić information content (AvgIpc) is 3.85. The predicted octanol–water partition coefficient (Wildman–Crippen LogP) is 8.33. The largest absolute Gasteiger partial charge is 0.334 e. The molecule has 0 spiro atoms. The Bertz CT molecular complexity index is 1800. The molecule has 256 valence electrons. The number of piperidine rings is 2. The molecular formula is C40H44N8O2. The lowest BCUT2D eigenvalue weighted by atomic mass is 10.0.